The quantitative estimate of drug-likeness (QED) is 0.547. The summed E-state index contributed by atoms with van der Waals surface area (Å²) in [4.78, 5) is 23.1. The van der Waals surface area contributed by atoms with Gasteiger partial charge in [0.25, 0.3) is 5.91 Å². The van der Waals surface area contributed by atoms with Crippen LogP contribution in [0.3, 0.4) is 0 Å². The normalized spacial score (nSPS) is 17.1. The van der Waals surface area contributed by atoms with Crippen LogP contribution in [0.1, 0.15) is 65.8 Å². The molecule has 5 rings (SSSR count). The van der Waals surface area contributed by atoms with E-state index in [1.807, 2.05) is 43.3 Å². The van der Waals surface area contributed by atoms with Crippen LogP contribution in [0.2, 0.25) is 0 Å². The molecule has 0 saturated heterocycles. The average molecular weight is 444 g/mol. The largest absolute Gasteiger partial charge is 0.389 e. The van der Waals surface area contributed by atoms with Crippen LogP contribution >= 0.6 is 0 Å². The average Bonchev–Trinajstić information content (AvgIpc) is 3.26. The molecule has 33 heavy (non-hydrogen) atoms. The monoisotopic (exact) mass is 443 g/mol. The van der Waals surface area contributed by atoms with Gasteiger partial charge in [-0.1, -0.05) is 35.0 Å². The Labute approximate surface area is 192 Å². The molecular weight excluding hydrogens is 417 g/mol. The van der Waals surface area contributed by atoms with Gasteiger partial charge in [0.2, 0.25) is 0 Å². The zero-order chi connectivity index (χ0) is 23.0. The number of aromatic nitrogens is 1. The van der Waals surface area contributed by atoms with Crippen molar-refractivity contribution in [2.75, 3.05) is 0 Å². The number of amides is 1. The topological polar surface area (TPSA) is 63.6 Å². The van der Waals surface area contributed by atoms with Crippen molar-refractivity contribution in [3.8, 4) is 11.1 Å². The summed E-state index contributed by atoms with van der Waals surface area (Å²) in [5.41, 5.74) is 5.37. The zero-order valence-electron chi connectivity index (χ0n) is 18.8. The molecule has 1 aliphatic heterocycles. The summed E-state index contributed by atoms with van der Waals surface area (Å²) < 4.78 is 14.1. The Kier molecular flexibility index (Phi) is 5.44. The smallest absolute Gasteiger partial charge is 0.251 e. The number of halogens is 1. The second-order valence-corrected chi connectivity index (χ2v) is 9.07. The number of carbonyl (C=O) groups is 1. The molecule has 2 heterocycles. The molecule has 1 saturated carbocycles. The number of rotatable bonds is 5. The molecule has 0 unspecified atom stereocenters. The maximum atomic E-state index is 14.1. The van der Waals surface area contributed by atoms with Gasteiger partial charge < -0.3 is 10.2 Å². The Morgan fingerprint density at radius 1 is 1.09 bits per heavy atom. The number of nitrogens with one attached hydrogen (secondary N) is 1. The SMILES string of the molecule is Cc1ccc(-c2cc(C(=O)N[C@H](C)c3ncccc3F)cc(C3=NOC4(CCC4)C3)c2)cc1. The van der Waals surface area contributed by atoms with E-state index in [9.17, 15) is 9.18 Å². The first kappa shape index (κ1) is 21.3. The third-order valence-electron chi connectivity index (χ3n) is 6.56. The van der Waals surface area contributed by atoms with Gasteiger partial charge in [-0.3, -0.25) is 9.78 Å². The Bertz CT molecular complexity index is 1230. The molecule has 1 aliphatic carbocycles. The van der Waals surface area contributed by atoms with Crippen LogP contribution in [0.4, 0.5) is 4.39 Å². The Balaban J connectivity index is 1.48. The highest BCUT2D eigenvalue weighted by Crippen LogP contribution is 2.43. The van der Waals surface area contributed by atoms with E-state index in [1.54, 1.807) is 6.92 Å². The van der Waals surface area contributed by atoms with Crippen molar-refractivity contribution in [1.29, 1.82) is 0 Å². The number of pyridine rings is 1. The summed E-state index contributed by atoms with van der Waals surface area (Å²) in [6.07, 6.45) is 5.45. The number of benzene rings is 2. The molecule has 1 amide bonds. The van der Waals surface area contributed by atoms with Crippen molar-refractivity contribution in [3.05, 3.63) is 89.0 Å². The molecule has 1 atom stereocenters. The predicted molar refractivity (Wildman–Crippen MR) is 126 cm³/mol. The molecule has 0 radical (unpaired) electrons. The standard InChI is InChI=1S/C27H26FN3O2/c1-17-6-8-19(9-7-17)20-13-21(24-16-27(33-31-24)10-4-11-27)15-22(14-20)26(32)30-18(2)25-23(28)5-3-12-29-25/h3,5-9,12-15,18H,4,10-11,16H2,1-2H3,(H,30,32)/t18-/m1/s1. The summed E-state index contributed by atoms with van der Waals surface area (Å²) in [6, 6.07) is 16.2. The van der Waals surface area contributed by atoms with Crippen molar-refractivity contribution in [3.63, 3.8) is 0 Å². The maximum absolute atomic E-state index is 14.1. The molecule has 2 aromatic carbocycles. The van der Waals surface area contributed by atoms with E-state index in [2.05, 4.69) is 21.5 Å². The molecule has 1 fully saturated rings. The van der Waals surface area contributed by atoms with E-state index in [4.69, 9.17) is 4.84 Å². The third kappa shape index (κ3) is 4.25. The van der Waals surface area contributed by atoms with Gasteiger partial charge in [-0.05, 0) is 74.6 Å². The highest BCUT2D eigenvalue weighted by atomic mass is 19.1. The fraction of sp³-hybridized carbons (Fsp3) is 0.296. The first-order valence-electron chi connectivity index (χ1n) is 11.3. The van der Waals surface area contributed by atoms with Gasteiger partial charge in [0, 0.05) is 23.7 Å². The van der Waals surface area contributed by atoms with E-state index in [0.29, 0.717) is 5.56 Å². The lowest BCUT2D eigenvalue weighted by atomic mass is 9.76. The Morgan fingerprint density at radius 2 is 1.85 bits per heavy atom. The molecule has 5 nitrogen and oxygen atoms in total. The third-order valence-corrected chi connectivity index (χ3v) is 6.56. The Morgan fingerprint density at radius 3 is 2.52 bits per heavy atom. The minimum absolute atomic E-state index is 0.164. The molecule has 0 bridgehead atoms. The van der Waals surface area contributed by atoms with E-state index < -0.39 is 11.9 Å². The molecule has 2 aliphatic rings. The highest BCUT2D eigenvalue weighted by Gasteiger charge is 2.45. The van der Waals surface area contributed by atoms with E-state index in [0.717, 1.165) is 48.1 Å². The lowest BCUT2D eigenvalue weighted by molar-refractivity contribution is -0.0755. The summed E-state index contributed by atoms with van der Waals surface area (Å²) in [5.74, 6) is -0.733. The summed E-state index contributed by atoms with van der Waals surface area (Å²) in [7, 11) is 0. The van der Waals surface area contributed by atoms with Crippen molar-refractivity contribution in [2.24, 2.45) is 5.16 Å². The van der Waals surface area contributed by atoms with Crippen LogP contribution in [0.5, 0.6) is 0 Å². The fourth-order valence-electron chi connectivity index (χ4n) is 4.42. The summed E-state index contributed by atoms with van der Waals surface area (Å²) >= 11 is 0. The van der Waals surface area contributed by atoms with Gasteiger partial charge in [0.15, 0.2) is 0 Å². The minimum Gasteiger partial charge on any atom is -0.389 e. The first-order valence-corrected chi connectivity index (χ1v) is 11.3. The molecular formula is C27H26FN3O2. The zero-order valence-corrected chi connectivity index (χ0v) is 18.8. The van der Waals surface area contributed by atoms with Crippen molar-refractivity contribution < 1.29 is 14.0 Å². The number of carbonyl (C=O) groups excluding carboxylic acids is 1. The van der Waals surface area contributed by atoms with Crippen molar-refractivity contribution in [2.45, 2.75) is 51.2 Å². The molecule has 1 spiro atoms. The van der Waals surface area contributed by atoms with Crippen LogP contribution in [-0.2, 0) is 4.84 Å². The van der Waals surface area contributed by atoms with Gasteiger partial charge >= 0.3 is 0 Å². The lowest BCUT2D eigenvalue weighted by Crippen LogP contribution is -2.36. The van der Waals surface area contributed by atoms with Crippen LogP contribution in [0.25, 0.3) is 11.1 Å². The second-order valence-electron chi connectivity index (χ2n) is 9.07. The first-order chi connectivity index (χ1) is 15.9. The number of hydrogen-bond donors (Lipinski definition) is 1. The van der Waals surface area contributed by atoms with Crippen LogP contribution in [-0.4, -0.2) is 22.2 Å². The van der Waals surface area contributed by atoms with Gasteiger partial charge in [-0.2, -0.15) is 0 Å². The molecule has 3 aromatic rings. The molecule has 1 N–H and O–H groups in total. The van der Waals surface area contributed by atoms with Crippen molar-refractivity contribution >= 4 is 11.6 Å². The van der Waals surface area contributed by atoms with Crippen LogP contribution in [0.15, 0.2) is 65.9 Å². The number of aryl methyl sites for hydroxylation is 1. The molecule has 6 heteroatoms. The van der Waals surface area contributed by atoms with Gasteiger partial charge in [0.05, 0.1) is 17.4 Å². The molecule has 168 valence electrons. The summed E-state index contributed by atoms with van der Waals surface area (Å²) in [6.45, 7) is 3.77. The Hall–Kier alpha value is -3.54. The summed E-state index contributed by atoms with van der Waals surface area (Å²) in [5, 5.41) is 7.26. The second kappa shape index (κ2) is 8.43. The van der Waals surface area contributed by atoms with Crippen LogP contribution < -0.4 is 5.32 Å². The van der Waals surface area contributed by atoms with Gasteiger partial charge in [-0.15, -0.1) is 0 Å². The van der Waals surface area contributed by atoms with E-state index in [1.165, 1.54) is 23.9 Å². The van der Waals surface area contributed by atoms with Crippen molar-refractivity contribution in [1.82, 2.24) is 10.3 Å². The van der Waals surface area contributed by atoms with E-state index in [-0.39, 0.29) is 17.2 Å². The number of oxime groups is 1. The van der Waals surface area contributed by atoms with Gasteiger partial charge in [-0.25, -0.2) is 4.39 Å². The number of hydrogen-bond acceptors (Lipinski definition) is 4. The van der Waals surface area contributed by atoms with Crippen LogP contribution in [0, 0.1) is 12.7 Å². The maximum Gasteiger partial charge on any atom is 0.251 e. The molecule has 1 aromatic heterocycles. The lowest BCUT2D eigenvalue weighted by Gasteiger charge is -2.34. The highest BCUT2D eigenvalue weighted by molar-refractivity contribution is 6.05. The fourth-order valence-corrected chi connectivity index (χ4v) is 4.42. The number of nitrogens with zero attached hydrogens (tertiary/aromatic N) is 2. The van der Waals surface area contributed by atoms with Gasteiger partial charge in [0.1, 0.15) is 11.4 Å². The van der Waals surface area contributed by atoms with E-state index >= 15 is 0 Å². The predicted octanol–water partition coefficient (Wildman–Crippen LogP) is 5.73. The minimum atomic E-state index is -0.574.